The predicted molar refractivity (Wildman–Crippen MR) is 88.8 cm³/mol. The maximum atomic E-state index is 10.7. The molecule has 0 heterocycles. The summed E-state index contributed by atoms with van der Waals surface area (Å²) in [5.41, 5.74) is -0.219. The van der Waals surface area contributed by atoms with E-state index in [4.69, 9.17) is 26.5 Å². The van der Waals surface area contributed by atoms with Crippen LogP contribution in [0.3, 0.4) is 0 Å². The Morgan fingerprint density at radius 1 is 0.682 bits per heavy atom. The Kier molecular flexibility index (Phi) is 4.60. The molecule has 0 saturated heterocycles. The van der Waals surface area contributed by atoms with Crippen LogP contribution < -0.4 is 7.02 Å². The summed E-state index contributed by atoms with van der Waals surface area (Å²) in [4.78, 5) is 20.3. The average molecular weight is 472 g/mol. The summed E-state index contributed by atoms with van der Waals surface area (Å²) < 4.78 is 0.773. The molecule has 116 valence electrons. The fraction of sp³-hybridized carbons (Fsp3) is 0. The summed E-state index contributed by atoms with van der Waals surface area (Å²) in [6.07, 6.45) is 0. The number of hydrogen-bond acceptors (Lipinski definition) is 4. The van der Waals surface area contributed by atoms with E-state index in [2.05, 4.69) is 0 Å². The SMILES string of the molecule is O=[N+]([O-])c1cc[c]([Sb]([Cl])([Cl])([Cl])[c]2ccc([N+](=O)[O-])cc2)cc1. The molecule has 0 amide bonds. The van der Waals surface area contributed by atoms with Crippen LogP contribution in [-0.2, 0) is 0 Å². The number of rotatable bonds is 4. The fourth-order valence-electron chi connectivity index (χ4n) is 1.78. The number of nitro groups is 2. The minimum atomic E-state index is -4.98. The summed E-state index contributed by atoms with van der Waals surface area (Å²) in [6.45, 7) is 0. The van der Waals surface area contributed by atoms with E-state index in [1.165, 1.54) is 48.5 Å². The number of hydrogen-bond donors (Lipinski definition) is 0. The first-order chi connectivity index (χ1) is 10.1. The van der Waals surface area contributed by atoms with Crippen LogP contribution in [0.4, 0.5) is 11.4 Å². The number of halogens is 3. The predicted octanol–water partition coefficient (Wildman–Crippen LogP) is 3.23. The van der Waals surface area contributed by atoms with Crippen LogP contribution in [0.25, 0.3) is 0 Å². The third-order valence-corrected chi connectivity index (χ3v) is 17.3. The standard InChI is InChI=1S/2C6H4NO2.3ClH.Sb/c2*8-7(9)6-4-2-1-3-5-6;;;;/h2*2-5H;3*1H;/q;;;;;+3/p-3. The first-order valence-corrected chi connectivity index (χ1v) is 18.0. The van der Waals surface area contributed by atoms with Gasteiger partial charge in [0.15, 0.2) is 0 Å². The molecule has 0 fully saturated rings. The summed E-state index contributed by atoms with van der Waals surface area (Å²) in [7, 11) is 19.5. The van der Waals surface area contributed by atoms with E-state index in [0.29, 0.717) is 7.02 Å². The Morgan fingerprint density at radius 2 is 0.955 bits per heavy atom. The first-order valence-electron chi connectivity index (χ1n) is 5.77. The van der Waals surface area contributed by atoms with Crippen molar-refractivity contribution >= 4 is 58.9 Å². The zero-order valence-corrected chi connectivity index (χ0v) is 15.5. The second-order valence-corrected chi connectivity index (χ2v) is 29.0. The van der Waals surface area contributed by atoms with Gasteiger partial charge in [-0.3, -0.25) is 0 Å². The maximum absolute atomic E-state index is 10.7. The molecule has 0 unspecified atom stereocenters. The molecule has 0 aliphatic carbocycles. The van der Waals surface area contributed by atoms with Crippen molar-refractivity contribution in [1.82, 2.24) is 0 Å². The van der Waals surface area contributed by atoms with E-state index in [-0.39, 0.29) is 11.4 Å². The molecule has 0 bridgehead atoms. The van der Waals surface area contributed by atoms with Gasteiger partial charge in [0.1, 0.15) is 0 Å². The van der Waals surface area contributed by atoms with Gasteiger partial charge in [0.05, 0.1) is 0 Å². The van der Waals surface area contributed by atoms with Crippen LogP contribution in [-0.4, -0.2) is 23.8 Å². The number of non-ortho nitro benzene ring substituents is 2. The number of nitrogens with zero attached hydrogens (tertiary/aromatic N) is 2. The monoisotopic (exact) mass is 470 g/mol. The third-order valence-electron chi connectivity index (χ3n) is 2.96. The zero-order valence-electron chi connectivity index (χ0n) is 10.7. The summed E-state index contributed by atoms with van der Waals surface area (Å²) in [5.74, 6) is 0. The van der Waals surface area contributed by atoms with Gasteiger partial charge in [-0.25, -0.2) is 0 Å². The van der Waals surface area contributed by atoms with E-state index < -0.39 is 23.8 Å². The molecule has 10 heteroatoms. The van der Waals surface area contributed by atoms with Gasteiger partial charge in [0.2, 0.25) is 0 Å². The Hall–Kier alpha value is -1.07. The van der Waals surface area contributed by atoms with Crippen LogP contribution in [0, 0.1) is 20.2 Å². The summed E-state index contributed by atoms with van der Waals surface area (Å²) in [6, 6.07) is 10.7. The molecule has 0 aliphatic heterocycles. The van der Waals surface area contributed by atoms with Crippen molar-refractivity contribution in [2.75, 3.05) is 0 Å². The molecule has 2 aromatic carbocycles. The van der Waals surface area contributed by atoms with Crippen LogP contribution >= 0.6 is 26.5 Å². The van der Waals surface area contributed by atoms with Gasteiger partial charge in [0, 0.05) is 0 Å². The van der Waals surface area contributed by atoms with Crippen molar-refractivity contribution in [3.05, 3.63) is 68.8 Å². The number of benzene rings is 2. The quantitative estimate of drug-likeness (QED) is 0.389. The van der Waals surface area contributed by atoms with E-state index in [9.17, 15) is 20.2 Å². The molecular formula is C12H8Cl3N2O4Sb. The van der Waals surface area contributed by atoms with Gasteiger partial charge < -0.3 is 0 Å². The molecule has 0 spiro atoms. The van der Waals surface area contributed by atoms with Crippen molar-refractivity contribution in [3.63, 3.8) is 0 Å². The van der Waals surface area contributed by atoms with Crippen LogP contribution in [0.1, 0.15) is 0 Å². The topological polar surface area (TPSA) is 86.3 Å². The zero-order chi connectivity index (χ0) is 16.6. The Bertz CT molecular complexity index is 680. The Balaban J connectivity index is 2.48. The van der Waals surface area contributed by atoms with Gasteiger partial charge in [0.25, 0.3) is 0 Å². The van der Waals surface area contributed by atoms with Gasteiger partial charge in [-0.1, -0.05) is 0 Å². The van der Waals surface area contributed by atoms with E-state index >= 15 is 0 Å². The molecule has 22 heavy (non-hydrogen) atoms. The molecule has 0 saturated carbocycles. The average Bonchev–Trinajstić information content (AvgIpc) is 2.47. The van der Waals surface area contributed by atoms with E-state index in [0.717, 1.165) is 0 Å². The third kappa shape index (κ3) is 3.30. The van der Waals surface area contributed by atoms with Crippen molar-refractivity contribution in [2.24, 2.45) is 0 Å². The molecular weight excluding hydrogens is 464 g/mol. The molecule has 0 atom stereocenters. The second kappa shape index (κ2) is 5.85. The van der Waals surface area contributed by atoms with Crippen molar-refractivity contribution in [1.29, 1.82) is 0 Å². The van der Waals surface area contributed by atoms with Gasteiger partial charge >= 0.3 is 137 Å². The molecule has 2 rings (SSSR count). The second-order valence-electron chi connectivity index (χ2n) is 4.36. The summed E-state index contributed by atoms with van der Waals surface area (Å²) in [5, 5.41) is 21.3. The van der Waals surface area contributed by atoms with Crippen molar-refractivity contribution in [2.45, 2.75) is 0 Å². The van der Waals surface area contributed by atoms with E-state index in [1.807, 2.05) is 0 Å². The Labute approximate surface area is 137 Å². The molecule has 0 aromatic heterocycles. The molecule has 6 nitrogen and oxygen atoms in total. The van der Waals surface area contributed by atoms with Crippen molar-refractivity contribution in [3.8, 4) is 0 Å². The molecule has 0 aliphatic rings. The fourth-order valence-corrected chi connectivity index (χ4v) is 10.8. The summed E-state index contributed by atoms with van der Waals surface area (Å²) >= 11 is -4.98. The van der Waals surface area contributed by atoms with Gasteiger partial charge in [-0.15, -0.1) is 0 Å². The Morgan fingerprint density at radius 3 is 1.18 bits per heavy atom. The minimum absolute atomic E-state index is 0.110. The van der Waals surface area contributed by atoms with Crippen molar-refractivity contribution < 1.29 is 9.85 Å². The van der Waals surface area contributed by atoms with Gasteiger partial charge in [-0.05, 0) is 0 Å². The van der Waals surface area contributed by atoms with Crippen LogP contribution in [0.5, 0.6) is 0 Å². The molecule has 2 aromatic rings. The van der Waals surface area contributed by atoms with E-state index in [1.54, 1.807) is 0 Å². The van der Waals surface area contributed by atoms with Crippen LogP contribution in [0.2, 0.25) is 0 Å². The van der Waals surface area contributed by atoms with Gasteiger partial charge in [-0.2, -0.15) is 0 Å². The number of nitro benzene ring substituents is 2. The van der Waals surface area contributed by atoms with Crippen LogP contribution in [0.15, 0.2) is 48.5 Å². The molecule has 0 N–H and O–H groups in total. The normalized spacial score (nSPS) is 13.1. The first kappa shape index (κ1) is 17.3. The molecule has 0 radical (unpaired) electrons.